The van der Waals surface area contributed by atoms with E-state index < -0.39 is 12.0 Å². The predicted octanol–water partition coefficient (Wildman–Crippen LogP) is -0.299. The second kappa shape index (κ2) is 8.46. The molecule has 0 bridgehead atoms. The van der Waals surface area contributed by atoms with Gasteiger partial charge < -0.3 is 15.7 Å². The monoisotopic (exact) mass is 242 g/mol. The minimum Gasteiger partial charge on any atom is -0.480 e. The van der Waals surface area contributed by atoms with Gasteiger partial charge >= 0.3 is 5.97 Å². The molecule has 0 spiro atoms. The molecular weight excluding hydrogens is 224 g/mol. The number of carbonyl (C=O) groups excluding carboxylic acids is 2. The van der Waals surface area contributed by atoms with Crippen LogP contribution >= 0.6 is 0 Å². The predicted molar refractivity (Wildman–Crippen MR) is 62.5 cm³/mol. The first-order valence-corrected chi connectivity index (χ1v) is 5.34. The lowest BCUT2D eigenvalue weighted by Crippen LogP contribution is -2.34. The van der Waals surface area contributed by atoms with Crippen molar-refractivity contribution in [3.05, 3.63) is 12.2 Å². The molecule has 6 nitrogen and oxygen atoms in total. The Morgan fingerprint density at radius 2 is 1.94 bits per heavy atom. The Labute approximate surface area is 100 Å². The molecule has 0 unspecified atom stereocenters. The van der Waals surface area contributed by atoms with E-state index in [9.17, 15) is 14.4 Å². The van der Waals surface area contributed by atoms with E-state index in [1.807, 2.05) is 0 Å². The van der Waals surface area contributed by atoms with E-state index in [0.29, 0.717) is 19.4 Å². The first kappa shape index (κ1) is 15.3. The van der Waals surface area contributed by atoms with Gasteiger partial charge in [0.25, 0.3) is 0 Å². The maximum absolute atomic E-state index is 11.1. The number of ketones is 1. The van der Waals surface area contributed by atoms with Crippen LogP contribution in [0.3, 0.4) is 0 Å². The van der Waals surface area contributed by atoms with Crippen LogP contribution in [0.25, 0.3) is 0 Å². The van der Waals surface area contributed by atoms with Crippen LogP contribution in [-0.2, 0) is 14.4 Å². The van der Waals surface area contributed by atoms with Crippen LogP contribution in [0, 0.1) is 0 Å². The van der Waals surface area contributed by atoms with Gasteiger partial charge in [-0.15, -0.1) is 0 Å². The molecule has 3 N–H and O–H groups in total. The highest BCUT2D eigenvalue weighted by Gasteiger charge is 2.13. The molecule has 0 aliphatic carbocycles. The minimum atomic E-state index is -0.907. The second-order valence-electron chi connectivity index (χ2n) is 3.56. The van der Waals surface area contributed by atoms with Crippen molar-refractivity contribution >= 4 is 17.7 Å². The van der Waals surface area contributed by atoms with Gasteiger partial charge in [0.1, 0.15) is 6.04 Å². The molecule has 0 aromatic rings. The molecule has 0 saturated heterocycles. The molecule has 96 valence electrons. The molecule has 0 radical (unpaired) electrons. The van der Waals surface area contributed by atoms with Crippen LogP contribution in [0.1, 0.15) is 19.8 Å². The van der Waals surface area contributed by atoms with Crippen LogP contribution in [0.15, 0.2) is 12.2 Å². The van der Waals surface area contributed by atoms with Gasteiger partial charge in [-0.05, 0) is 32.9 Å². The van der Waals surface area contributed by atoms with Crippen molar-refractivity contribution < 1.29 is 19.5 Å². The highest BCUT2D eigenvalue weighted by Crippen LogP contribution is 1.95. The average Bonchev–Trinajstić information content (AvgIpc) is 2.25. The lowest BCUT2D eigenvalue weighted by atomic mass is 10.1. The van der Waals surface area contributed by atoms with Crippen LogP contribution < -0.4 is 10.6 Å². The number of rotatable bonds is 8. The number of hydrogen-bond donors (Lipinski definition) is 3. The maximum atomic E-state index is 11.1. The van der Waals surface area contributed by atoms with E-state index in [0.717, 1.165) is 6.08 Å². The summed E-state index contributed by atoms with van der Waals surface area (Å²) in [5.41, 5.74) is 0. The third-order valence-electron chi connectivity index (χ3n) is 2.08. The van der Waals surface area contributed by atoms with Crippen molar-refractivity contribution in [2.75, 3.05) is 13.6 Å². The standard InChI is InChI=1S/C11H18N2O4/c1-8(14)5-6-10(15)13-7-3-4-9(12-2)11(16)17/h5-6,9,12H,3-4,7H2,1-2H3,(H,13,15)(H,16,17)/b6-5+/t9-/m1/s1. The summed E-state index contributed by atoms with van der Waals surface area (Å²) in [7, 11) is 1.58. The third-order valence-corrected chi connectivity index (χ3v) is 2.08. The average molecular weight is 242 g/mol. The van der Waals surface area contributed by atoms with Gasteiger partial charge in [0, 0.05) is 12.6 Å². The normalized spacial score (nSPS) is 12.4. The van der Waals surface area contributed by atoms with Gasteiger partial charge in [-0.2, -0.15) is 0 Å². The number of nitrogens with one attached hydrogen (secondary N) is 2. The zero-order valence-electron chi connectivity index (χ0n) is 10.0. The molecule has 0 aromatic heterocycles. The molecular formula is C11H18N2O4. The summed E-state index contributed by atoms with van der Waals surface area (Å²) in [6, 6.07) is -0.598. The number of allylic oxidation sites excluding steroid dienone is 1. The topological polar surface area (TPSA) is 95.5 Å². The highest BCUT2D eigenvalue weighted by atomic mass is 16.4. The molecule has 1 amide bonds. The maximum Gasteiger partial charge on any atom is 0.320 e. The summed E-state index contributed by atoms with van der Waals surface area (Å²) in [5, 5.41) is 13.9. The van der Waals surface area contributed by atoms with E-state index >= 15 is 0 Å². The largest absolute Gasteiger partial charge is 0.480 e. The van der Waals surface area contributed by atoms with Gasteiger partial charge in [-0.1, -0.05) is 0 Å². The fraction of sp³-hybridized carbons (Fsp3) is 0.545. The van der Waals surface area contributed by atoms with E-state index in [1.165, 1.54) is 13.0 Å². The summed E-state index contributed by atoms with van der Waals surface area (Å²) in [6.07, 6.45) is 3.33. The van der Waals surface area contributed by atoms with Crippen molar-refractivity contribution in [3.63, 3.8) is 0 Å². The molecule has 6 heteroatoms. The van der Waals surface area contributed by atoms with Crippen LogP contribution in [0.2, 0.25) is 0 Å². The highest BCUT2D eigenvalue weighted by molar-refractivity contribution is 5.96. The van der Waals surface area contributed by atoms with Crippen molar-refractivity contribution in [1.82, 2.24) is 10.6 Å². The van der Waals surface area contributed by atoms with Gasteiger partial charge in [-0.25, -0.2) is 0 Å². The molecule has 0 rings (SSSR count). The second-order valence-corrected chi connectivity index (χ2v) is 3.56. The molecule has 0 aromatic carbocycles. The summed E-state index contributed by atoms with van der Waals surface area (Å²) < 4.78 is 0. The smallest absolute Gasteiger partial charge is 0.320 e. The SMILES string of the molecule is CN[C@H](CCCNC(=O)/C=C/C(C)=O)C(=O)O. The van der Waals surface area contributed by atoms with E-state index in [-0.39, 0.29) is 11.7 Å². The zero-order valence-corrected chi connectivity index (χ0v) is 10.0. The minimum absolute atomic E-state index is 0.193. The van der Waals surface area contributed by atoms with Crippen molar-refractivity contribution in [2.24, 2.45) is 0 Å². The summed E-state index contributed by atoms with van der Waals surface area (Å²) in [6.45, 7) is 1.74. The zero-order chi connectivity index (χ0) is 13.3. The van der Waals surface area contributed by atoms with E-state index in [4.69, 9.17) is 5.11 Å². The third kappa shape index (κ3) is 8.15. The Bertz CT molecular complexity index is 313. The number of carboxylic acid groups (broad SMARTS) is 1. The first-order valence-electron chi connectivity index (χ1n) is 5.34. The van der Waals surface area contributed by atoms with Crippen molar-refractivity contribution in [3.8, 4) is 0 Å². The number of likely N-dealkylation sites (N-methyl/N-ethyl adjacent to an activating group) is 1. The fourth-order valence-electron chi connectivity index (χ4n) is 1.16. The summed E-state index contributed by atoms with van der Waals surface area (Å²) in [5.74, 6) is -1.45. The molecule has 0 heterocycles. The number of amides is 1. The van der Waals surface area contributed by atoms with Crippen LogP contribution in [0.4, 0.5) is 0 Å². The summed E-state index contributed by atoms with van der Waals surface area (Å²) in [4.78, 5) is 32.3. The van der Waals surface area contributed by atoms with Gasteiger partial charge in [-0.3, -0.25) is 14.4 Å². The van der Waals surface area contributed by atoms with Crippen molar-refractivity contribution in [2.45, 2.75) is 25.8 Å². The Hall–Kier alpha value is -1.69. The number of hydrogen-bond acceptors (Lipinski definition) is 4. The Morgan fingerprint density at radius 3 is 2.41 bits per heavy atom. The van der Waals surface area contributed by atoms with E-state index in [1.54, 1.807) is 7.05 Å². The number of carboxylic acids is 1. The van der Waals surface area contributed by atoms with Crippen LogP contribution in [-0.4, -0.2) is 42.4 Å². The number of aliphatic carboxylic acids is 1. The molecule has 1 atom stereocenters. The van der Waals surface area contributed by atoms with Gasteiger partial charge in [0.15, 0.2) is 5.78 Å². The Morgan fingerprint density at radius 1 is 1.29 bits per heavy atom. The molecule has 0 aliphatic rings. The van der Waals surface area contributed by atoms with Crippen molar-refractivity contribution in [1.29, 1.82) is 0 Å². The molecule has 0 fully saturated rings. The Balaban J connectivity index is 3.74. The number of carbonyl (C=O) groups is 3. The lowest BCUT2D eigenvalue weighted by molar-refractivity contribution is -0.139. The molecule has 0 saturated carbocycles. The quantitative estimate of drug-likeness (QED) is 0.401. The van der Waals surface area contributed by atoms with Gasteiger partial charge in [0.2, 0.25) is 5.91 Å². The first-order chi connectivity index (χ1) is 7.97. The molecule has 0 aliphatic heterocycles. The summed E-state index contributed by atoms with van der Waals surface area (Å²) >= 11 is 0. The molecule has 17 heavy (non-hydrogen) atoms. The Kier molecular flexibility index (Phi) is 7.62. The van der Waals surface area contributed by atoms with Crippen LogP contribution in [0.5, 0.6) is 0 Å². The lowest BCUT2D eigenvalue weighted by Gasteiger charge is -2.10. The van der Waals surface area contributed by atoms with E-state index in [2.05, 4.69) is 10.6 Å². The van der Waals surface area contributed by atoms with Gasteiger partial charge in [0.05, 0.1) is 0 Å². The fourth-order valence-corrected chi connectivity index (χ4v) is 1.16.